The molecule has 12 heteroatoms. The third-order valence-electron chi connectivity index (χ3n) is 3.86. The summed E-state index contributed by atoms with van der Waals surface area (Å²) < 4.78 is 25.5. The van der Waals surface area contributed by atoms with Crippen LogP contribution in [0.1, 0.15) is 10.5 Å². The van der Waals surface area contributed by atoms with Gasteiger partial charge in [0.2, 0.25) is 0 Å². The molecule has 0 fully saturated rings. The van der Waals surface area contributed by atoms with E-state index >= 15 is 0 Å². The lowest BCUT2D eigenvalue weighted by molar-refractivity contribution is 0.0691. The topological polar surface area (TPSA) is 117 Å². The molecule has 4 heterocycles. The summed E-state index contributed by atoms with van der Waals surface area (Å²) in [5.74, 6) is -1.12. The average Bonchev–Trinajstić information content (AvgIpc) is 3.31. The van der Waals surface area contributed by atoms with Crippen molar-refractivity contribution in [3.05, 3.63) is 48.5 Å². The van der Waals surface area contributed by atoms with Crippen molar-refractivity contribution >= 4 is 57.6 Å². The van der Waals surface area contributed by atoms with Gasteiger partial charge < -0.3 is 5.11 Å². The maximum atomic E-state index is 11.7. The van der Waals surface area contributed by atoms with Gasteiger partial charge in [-0.3, -0.25) is 9.50 Å². The molecule has 0 unspecified atom stereocenters. The number of thiophene rings is 1. The Bertz CT molecular complexity index is 1260. The molecule has 0 aliphatic heterocycles. The van der Waals surface area contributed by atoms with Crippen LogP contribution in [0.5, 0.6) is 0 Å². The van der Waals surface area contributed by atoms with Crippen molar-refractivity contribution in [1.82, 2.24) is 19.6 Å². The number of fused-ring (bicyclic) bond motifs is 1. The third-order valence-corrected chi connectivity index (χ3v) is 6.79. The number of aromatic carboxylic acids is 1. The Morgan fingerprint density at radius 2 is 1.96 bits per heavy atom. The first-order chi connectivity index (χ1) is 12.3. The van der Waals surface area contributed by atoms with E-state index in [1.165, 1.54) is 12.5 Å². The first-order valence-electron chi connectivity index (χ1n) is 7.39. The predicted molar refractivity (Wildman–Crippen MR) is 111 cm³/mol. The van der Waals surface area contributed by atoms with Crippen LogP contribution in [0, 0.1) is 0 Å². The molecule has 0 bridgehead atoms. The Morgan fingerprint density at radius 1 is 1.21 bits per heavy atom. The number of nitrogens with zero attached hydrogens (tertiary/aromatic N) is 3. The van der Waals surface area contributed by atoms with Gasteiger partial charge in [0.1, 0.15) is 9.86 Å². The third kappa shape index (κ3) is 3.76. The van der Waals surface area contributed by atoms with Gasteiger partial charge in [-0.15, -0.1) is 36.2 Å². The van der Waals surface area contributed by atoms with Gasteiger partial charge >= 0.3 is 5.97 Å². The van der Waals surface area contributed by atoms with Crippen LogP contribution in [0.4, 0.5) is 0 Å². The second kappa shape index (κ2) is 7.92. The van der Waals surface area contributed by atoms with E-state index in [0.717, 1.165) is 21.9 Å². The number of hydrogen-bond donors (Lipinski definition) is 2. The van der Waals surface area contributed by atoms with Gasteiger partial charge in [0, 0.05) is 29.8 Å². The number of nitrogens with one attached hydrogen (secondary N) is 1. The van der Waals surface area contributed by atoms with Crippen LogP contribution in [-0.4, -0.2) is 45.3 Å². The van der Waals surface area contributed by atoms with Gasteiger partial charge in [0.15, 0.2) is 15.5 Å². The van der Waals surface area contributed by atoms with E-state index in [9.17, 15) is 18.3 Å². The van der Waals surface area contributed by atoms with E-state index in [4.69, 9.17) is 0 Å². The minimum Gasteiger partial charge on any atom is -0.476 e. The number of carbonyl (C=O) groups is 1. The second-order valence-electron chi connectivity index (χ2n) is 5.63. The minimum absolute atomic E-state index is 0. The summed E-state index contributed by atoms with van der Waals surface area (Å²) in [6.45, 7) is 0. The van der Waals surface area contributed by atoms with Crippen LogP contribution in [0.25, 0.3) is 27.3 Å². The Hall–Kier alpha value is -2.40. The highest BCUT2D eigenvalue weighted by Crippen LogP contribution is 2.32. The molecule has 4 aromatic heterocycles. The van der Waals surface area contributed by atoms with E-state index in [1.54, 1.807) is 41.1 Å². The number of aromatic nitrogens is 4. The number of hydrogen-bond acceptors (Lipinski definition) is 6. The van der Waals surface area contributed by atoms with Crippen LogP contribution < -0.4 is 0 Å². The Labute approximate surface area is 176 Å². The maximum absolute atomic E-state index is 11.7. The molecular formula is C16H14Cl2N4O4S2. The van der Waals surface area contributed by atoms with Gasteiger partial charge in [-0.25, -0.2) is 18.2 Å². The van der Waals surface area contributed by atoms with Crippen molar-refractivity contribution in [2.75, 3.05) is 6.26 Å². The first kappa shape index (κ1) is 21.9. The monoisotopic (exact) mass is 460 g/mol. The van der Waals surface area contributed by atoms with Gasteiger partial charge in [-0.1, -0.05) is 0 Å². The molecule has 4 rings (SSSR count). The second-order valence-corrected chi connectivity index (χ2v) is 8.96. The van der Waals surface area contributed by atoms with Crippen LogP contribution in [0.15, 0.2) is 47.1 Å². The molecule has 0 saturated heterocycles. The lowest BCUT2D eigenvalue weighted by atomic mass is 10.1. The zero-order valence-electron chi connectivity index (χ0n) is 14.2. The highest BCUT2D eigenvalue weighted by Gasteiger charge is 2.17. The van der Waals surface area contributed by atoms with Crippen molar-refractivity contribution in [3.63, 3.8) is 0 Å². The van der Waals surface area contributed by atoms with E-state index in [0.29, 0.717) is 16.8 Å². The molecule has 0 radical (unpaired) electrons. The number of aromatic amines is 1. The van der Waals surface area contributed by atoms with Crippen LogP contribution in [0.3, 0.4) is 0 Å². The highest BCUT2D eigenvalue weighted by atomic mass is 35.5. The SMILES string of the molecule is CS(=O)(=O)c1ccc(-c2cnc3ccc(-c4c[nH]nc4C(=O)O)cn23)s1.Cl.Cl. The largest absolute Gasteiger partial charge is 0.476 e. The zero-order valence-corrected chi connectivity index (χ0v) is 17.5. The fraction of sp³-hybridized carbons (Fsp3) is 0.0625. The van der Waals surface area contributed by atoms with E-state index in [-0.39, 0.29) is 34.7 Å². The van der Waals surface area contributed by atoms with Crippen molar-refractivity contribution in [2.24, 2.45) is 0 Å². The van der Waals surface area contributed by atoms with Gasteiger partial charge in [-0.05, 0) is 24.3 Å². The van der Waals surface area contributed by atoms with E-state index in [1.807, 2.05) is 0 Å². The van der Waals surface area contributed by atoms with Crippen molar-refractivity contribution in [3.8, 4) is 21.7 Å². The molecular weight excluding hydrogens is 447 g/mol. The van der Waals surface area contributed by atoms with E-state index < -0.39 is 15.8 Å². The zero-order chi connectivity index (χ0) is 18.5. The van der Waals surface area contributed by atoms with Crippen molar-refractivity contribution in [2.45, 2.75) is 4.21 Å². The van der Waals surface area contributed by atoms with E-state index in [2.05, 4.69) is 15.2 Å². The van der Waals surface area contributed by atoms with Crippen molar-refractivity contribution in [1.29, 1.82) is 0 Å². The minimum atomic E-state index is -3.27. The van der Waals surface area contributed by atoms with Crippen LogP contribution in [0.2, 0.25) is 0 Å². The molecule has 0 atom stereocenters. The summed E-state index contributed by atoms with van der Waals surface area (Å²) in [7, 11) is -3.27. The van der Waals surface area contributed by atoms with Gasteiger partial charge in [0.05, 0.1) is 16.8 Å². The number of carboxylic acids is 1. The molecule has 0 aromatic carbocycles. The average molecular weight is 461 g/mol. The number of pyridine rings is 1. The van der Waals surface area contributed by atoms with Gasteiger partial charge in [0.25, 0.3) is 0 Å². The van der Waals surface area contributed by atoms with Crippen LogP contribution in [-0.2, 0) is 9.84 Å². The van der Waals surface area contributed by atoms with Crippen LogP contribution >= 0.6 is 36.2 Å². The molecule has 8 nitrogen and oxygen atoms in total. The molecule has 28 heavy (non-hydrogen) atoms. The molecule has 2 N–H and O–H groups in total. The normalized spacial score (nSPS) is 11.0. The molecule has 0 aliphatic rings. The highest BCUT2D eigenvalue weighted by molar-refractivity contribution is 7.92. The number of carboxylic acid groups (broad SMARTS) is 1. The molecule has 4 aromatic rings. The predicted octanol–water partition coefficient (Wildman–Crippen LogP) is 3.40. The molecule has 0 aliphatic carbocycles. The fourth-order valence-corrected chi connectivity index (χ4v) is 4.59. The number of halogens is 2. The number of sulfone groups is 1. The summed E-state index contributed by atoms with van der Waals surface area (Å²) in [5, 5.41) is 15.6. The summed E-state index contributed by atoms with van der Waals surface area (Å²) in [5.41, 5.74) is 2.44. The lowest BCUT2D eigenvalue weighted by Crippen LogP contribution is -1.99. The number of rotatable bonds is 4. The first-order valence-corrected chi connectivity index (χ1v) is 10.1. The van der Waals surface area contributed by atoms with Crippen molar-refractivity contribution < 1.29 is 18.3 Å². The standard InChI is InChI=1S/C16H12N4O4S2.2ClH/c1-26(23,24)14-5-3-12(25-14)11-7-17-13-4-2-9(8-20(11)13)10-6-18-19-15(10)16(21)22;;/h2-8H,1H3,(H,18,19)(H,21,22);2*1H. The summed E-state index contributed by atoms with van der Waals surface area (Å²) in [4.78, 5) is 16.4. The summed E-state index contributed by atoms with van der Waals surface area (Å²) in [6, 6.07) is 6.83. The fourth-order valence-electron chi connectivity index (χ4n) is 2.65. The smallest absolute Gasteiger partial charge is 0.357 e. The Balaban J connectivity index is 0.00000140. The Morgan fingerprint density at radius 3 is 2.61 bits per heavy atom. The number of H-pyrrole nitrogens is 1. The molecule has 0 spiro atoms. The lowest BCUT2D eigenvalue weighted by Gasteiger charge is -2.04. The molecule has 0 amide bonds. The maximum Gasteiger partial charge on any atom is 0.357 e. The Kier molecular flexibility index (Phi) is 6.19. The summed E-state index contributed by atoms with van der Waals surface area (Å²) >= 11 is 1.16. The quantitative estimate of drug-likeness (QED) is 0.481. The summed E-state index contributed by atoms with van der Waals surface area (Å²) in [6.07, 6.45) is 6.11. The number of imidazole rings is 1. The molecule has 0 saturated carbocycles. The molecule has 148 valence electrons. The van der Waals surface area contributed by atoms with Gasteiger partial charge in [-0.2, -0.15) is 5.10 Å².